The maximum Gasteiger partial charge on any atom is 0.251 e. The lowest BCUT2D eigenvalue weighted by atomic mass is 9.89. The van der Waals surface area contributed by atoms with Crippen molar-refractivity contribution >= 4 is 5.91 Å². The lowest BCUT2D eigenvalue weighted by molar-refractivity contribution is -0.166. The number of carbonyl (C=O) groups excluding carboxylic acids is 1. The van der Waals surface area contributed by atoms with Gasteiger partial charge in [-0.2, -0.15) is 0 Å². The highest BCUT2D eigenvalue weighted by Gasteiger charge is 2.36. The fourth-order valence-electron chi connectivity index (χ4n) is 3.46. The topological polar surface area (TPSA) is 32.8 Å². The van der Waals surface area contributed by atoms with Crippen LogP contribution in [0, 0.1) is 11.8 Å². The molecule has 0 bridgehead atoms. The number of carbonyl (C=O) groups is 1. The first kappa shape index (κ1) is 16.8. The smallest absolute Gasteiger partial charge is 0.251 e. The number of nitrogens with zero attached hydrogens (tertiary/aromatic N) is 2. The number of hydrogen-bond acceptors (Lipinski definition) is 3. The molecule has 0 aromatic rings. The van der Waals surface area contributed by atoms with E-state index in [1.54, 1.807) is 0 Å². The zero-order valence-corrected chi connectivity index (χ0v) is 14.2. The van der Waals surface area contributed by atoms with Gasteiger partial charge in [0.1, 0.15) is 6.10 Å². The highest BCUT2D eigenvalue weighted by molar-refractivity contribution is 5.81. The van der Waals surface area contributed by atoms with Gasteiger partial charge in [0.2, 0.25) is 0 Å². The van der Waals surface area contributed by atoms with E-state index in [-0.39, 0.29) is 18.1 Å². The van der Waals surface area contributed by atoms with Crippen molar-refractivity contribution in [2.24, 2.45) is 11.8 Å². The molecule has 1 amide bonds. The number of ether oxygens (including phenoxy) is 1. The summed E-state index contributed by atoms with van der Waals surface area (Å²) < 4.78 is 5.99. The van der Waals surface area contributed by atoms with E-state index in [4.69, 9.17) is 4.74 Å². The molecule has 122 valence electrons. The van der Waals surface area contributed by atoms with Gasteiger partial charge in [-0.15, -0.1) is 0 Å². The Kier molecular flexibility index (Phi) is 6.06. The van der Waals surface area contributed by atoms with E-state index in [2.05, 4.69) is 25.7 Å². The molecule has 0 radical (unpaired) electrons. The highest BCUT2D eigenvalue weighted by Crippen LogP contribution is 2.27. The molecule has 4 heteroatoms. The van der Waals surface area contributed by atoms with Crippen LogP contribution in [0.2, 0.25) is 0 Å². The Morgan fingerprint density at radius 2 is 1.95 bits per heavy atom. The van der Waals surface area contributed by atoms with Gasteiger partial charge in [-0.1, -0.05) is 13.8 Å². The molecule has 2 fully saturated rings. The van der Waals surface area contributed by atoms with Crippen molar-refractivity contribution in [3.63, 3.8) is 0 Å². The van der Waals surface area contributed by atoms with Crippen LogP contribution in [-0.4, -0.2) is 60.6 Å². The predicted octanol–water partition coefficient (Wildman–Crippen LogP) is 2.38. The standard InChI is InChI=1S/C17H32N2O2/c1-5-19-12-16(21-14(4)17(19)20)15-7-10-18(11-8-15)9-6-13(2)3/h13-16H,5-12H2,1-4H3/t14-,16+/m0/s1. The fraction of sp³-hybridized carbons (Fsp3) is 0.941. The third-order valence-electron chi connectivity index (χ3n) is 5.00. The monoisotopic (exact) mass is 296 g/mol. The number of piperidine rings is 1. The van der Waals surface area contributed by atoms with Crippen molar-refractivity contribution in [3.05, 3.63) is 0 Å². The van der Waals surface area contributed by atoms with Gasteiger partial charge < -0.3 is 14.5 Å². The molecule has 21 heavy (non-hydrogen) atoms. The van der Waals surface area contributed by atoms with Crippen LogP contribution in [0.4, 0.5) is 0 Å². The fourth-order valence-corrected chi connectivity index (χ4v) is 3.46. The summed E-state index contributed by atoms with van der Waals surface area (Å²) in [7, 11) is 0. The van der Waals surface area contributed by atoms with Gasteiger partial charge >= 0.3 is 0 Å². The predicted molar refractivity (Wildman–Crippen MR) is 85.2 cm³/mol. The molecule has 2 heterocycles. The van der Waals surface area contributed by atoms with E-state index < -0.39 is 0 Å². The number of likely N-dealkylation sites (tertiary alicyclic amines) is 1. The summed E-state index contributed by atoms with van der Waals surface area (Å²) >= 11 is 0. The van der Waals surface area contributed by atoms with Gasteiger partial charge in [0.25, 0.3) is 5.91 Å². The van der Waals surface area contributed by atoms with E-state index in [1.165, 1.54) is 38.9 Å². The minimum atomic E-state index is -0.261. The van der Waals surface area contributed by atoms with E-state index in [1.807, 2.05) is 11.8 Å². The van der Waals surface area contributed by atoms with Crippen molar-refractivity contribution in [1.82, 2.24) is 9.80 Å². The molecule has 2 aliphatic heterocycles. The van der Waals surface area contributed by atoms with Crippen LogP contribution in [-0.2, 0) is 9.53 Å². The van der Waals surface area contributed by atoms with Gasteiger partial charge in [-0.05, 0) is 64.6 Å². The second-order valence-electron chi connectivity index (χ2n) is 7.06. The minimum Gasteiger partial charge on any atom is -0.363 e. The number of hydrogen-bond donors (Lipinski definition) is 0. The molecule has 2 rings (SSSR count). The Bertz CT molecular complexity index is 338. The number of likely N-dealkylation sites (N-methyl/N-ethyl adjacent to an activating group) is 1. The Labute approximate surface area is 129 Å². The minimum absolute atomic E-state index is 0.156. The second kappa shape index (κ2) is 7.59. The Hall–Kier alpha value is -0.610. The summed E-state index contributed by atoms with van der Waals surface area (Å²) in [6, 6.07) is 0. The highest BCUT2D eigenvalue weighted by atomic mass is 16.5. The molecule has 0 saturated carbocycles. The Morgan fingerprint density at radius 3 is 2.52 bits per heavy atom. The van der Waals surface area contributed by atoms with Gasteiger partial charge in [-0.25, -0.2) is 0 Å². The summed E-state index contributed by atoms with van der Waals surface area (Å²) in [4.78, 5) is 16.5. The zero-order valence-electron chi connectivity index (χ0n) is 14.2. The van der Waals surface area contributed by atoms with Crippen LogP contribution in [0.1, 0.15) is 47.0 Å². The van der Waals surface area contributed by atoms with Crippen molar-refractivity contribution in [3.8, 4) is 0 Å². The van der Waals surface area contributed by atoms with E-state index in [9.17, 15) is 4.79 Å². The first-order chi connectivity index (χ1) is 10.0. The molecule has 0 spiro atoms. The van der Waals surface area contributed by atoms with E-state index >= 15 is 0 Å². The van der Waals surface area contributed by atoms with Gasteiger partial charge in [0.05, 0.1) is 6.10 Å². The molecule has 0 aromatic heterocycles. The first-order valence-electron chi connectivity index (χ1n) is 8.67. The maximum absolute atomic E-state index is 12.0. The van der Waals surface area contributed by atoms with Crippen LogP contribution in [0.25, 0.3) is 0 Å². The van der Waals surface area contributed by atoms with Crippen molar-refractivity contribution < 1.29 is 9.53 Å². The molecule has 0 aliphatic carbocycles. The third kappa shape index (κ3) is 4.43. The Morgan fingerprint density at radius 1 is 1.29 bits per heavy atom. The van der Waals surface area contributed by atoms with E-state index in [0.29, 0.717) is 5.92 Å². The lowest BCUT2D eigenvalue weighted by Crippen LogP contribution is -2.54. The van der Waals surface area contributed by atoms with Crippen LogP contribution >= 0.6 is 0 Å². The summed E-state index contributed by atoms with van der Waals surface area (Å²) in [5.41, 5.74) is 0. The molecular formula is C17H32N2O2. The molecule has 0 aromatic carbocycles. The van der Waals surface area contributed by atoms with Crippen LogP contribution in [0.5, 0.6) is 0 Å². The van der Waals surface area contributed by atoms with E-state index in [0.717, 1.165) is 19.0 Å². The van der Waals surface area contributed by atoms with Crippen molar-refractivity contribution in [2.75, 3.05) is 32.7 Å². The van der Waals surface area contributed by atoms with Crippen LogP contribution in [0.3, 0.4) is 0 Å². The second-order valence-corrected chi connectivity index (χ2v) is 7.06. The largest absolute Gasteiger partial charge is 0.363 e. The molecule has 4 nitrogen and oxygen atoms in total. The SMILES string of the molecule is CCN1C[C@H](C2CCN(CCC(C)C)CC2)O[C@@H](C)C1=O. The van der Waals surface area contributed by atoms with Crippen molar-refractivity contribution in [2.45, 2.75) is 59.2 Å². The first-order valence-corrected chi connectivity index (χ1v) is 8.67. The lowest BCUT2D eigenvalue weighted by Gasteiger charge is -2.42. The van der Waals surface area contributed by atoms with Crippen LogP contribution < -0.4 is 0 Å². The van der Waals surface area contributed by atoms with Gasteiger partial charge in [-0.3, -0.25) is 4.79 Å². The summed E-state index contributed by atoms with van der Waals surface area (Å²) in [6.45, 7) is 13.7. The zero-order chi connectivity index (χ0) is 15.4. The summed E-state index contributed by atoms with van der Waals surface area (Å²) in [5, 5.41) is 0. The average molecular weight is 296 g/mol. The average Bonchev–Trinajstić information content (AvgIpc) is 2.48. The molecule has 2 saturated heterocycles. The molecular weight excluding hydrogens is 264 g/mol. The van der Waals surface area contributed by atoms with Crippen molar-refractivity contribution in [1.29, 1.82) is 0 Å². The summed E-state index contributed by atoms with van der Waals surface area (Å²) in [5.74, 6) is 1.56. The Balaban J connectivity index is 1.80. The molecule has 2 aliphatic rings. The summed E-state index contributed by atoms with van der Waals surface area (Å²) in [6.07, 6.45) is 3.69. The number of rotatable bonds is 5. The van der Waals surface area contributed by atoms with Gasteiger partial charge in [0.15, 0.2) is 0 Å². The normalized spacial score (nSPS) is 29.4. The quantitative estimate of drug-likeness (QED) is 0.781. The third-order valence-corrected chi connectivity index (χ3v) is 5.00. The molecule has 0 unspecified atom stereocenters. The van der Waals surface area contributed by atoms with Crippen LogP contribution in [0.15, 0.2) is 0 Å². The maximum atomic E-state index is 12.0. The molecule has 2 atom stereocenters. The molecule has 0 N–H and O–H groups in total. The number of morpholine rings is 1. The van der Waals surface area contributed by atoms with Gasteiger partial charge in [0, 0.05) is 13.1 Å². The number of amides is 1.